The van der Waals surface area contributed by atoms with Crippen molar-refractivity contribution in [2.24, 2.45) is 0 Å². The number of benzene rings is 1. The Labute approximate surface area is 184 Å². The lowest BCUT2D eigenvalue weighted by Crippen LogP contribution is -2.40. The lowest BCUT2D eigenvalue weighted by Gasteiger charge is -2.18. The molecule has 2 heterocycles. The predicted octanol–water partition coefficient (Wildman–Crippen LogP) is 2.71. The standard InChI is InChI=1S/C23H34N6O2/c1-15-2-3-16(24-22(30)25-17-8-10-28(13-17)19-4-5-19)12-21(15)27-23(31)26-18-9-11-29(14-18)20-6-7-20/h2-3,12,17-20H,4-11,13-14H2,1H3,(H2,24,25,30)(H2,26,27,31). The largest absolute Gasteiger partial charge is 0.334 e. The van der Waals surface area contributed by atoms with Crippen LogP contribution in [0.25, 0.3) is 0 Å². The molecule has 0 aromatic heterocycles. The average molecular weight is 427 g/mol. The molecule has 2 atom stereocenters. The zero-order valence-corrected chi connectivity index (χ0v) is 18.3. The van der Waals surface area contributed by atoms with Crippen LogP contribution in [-0.4, -0.2) is 72.2 Å². The molecule has 5 rings (SSSR count). The number of nitrogens with zero attached hydrogens (tertiary/aromatic N) is 2. The van der Waals surface area contributed by atoms with Crippen LogP contribution in [0.4, 0.5) is 21.0 Å². The summed E-state index contributed by atoms with van der Waals surface area (Å²) in [6.07, 6.45) is 7.19. The Morgan fingerprint density at radius 3 is 1.90 bits per heavy atom. The highest BCUT2D eigenvalue weighted by atomic mass is 16.2. The first kappa shape index (κ1) is 20.6. The van der Waals surface area contributed by atoms with Crippen molar-refractivity contribution in [1.82, 2.24) is 20.4 Å². The molecule has 168 valence electrons. The van der Waals surface area contributed by atoms with Gasteiger partial charge in [-0.1, -0.05) is 6.07 Å². The van der Waals surface area contributed by atoms with Gasteiger partial charge in [0.25, 0.3) is 0 Å². The summed E-state index contributed by atoms with van der Waals surface area (Å²) in [5.41, 5.74) is 2.35. The predicted molar refractivity (Wildman–Crippen MR) is 121 cm³/mol. The molecule has 1 aromatic rings. The van der Waals surface area contributed by atoms with E-state index in [-0.39, 0.29) is 24.1 Å². The minimum atomic E-state index is -0.187. The number of nitrogens with one attached hydrogen (secondary N) is 4. The van der Waals surface area contributed by atoms with Crippen molar-refractivity contribution < 1.29 is 9.59 Å². The molecule has 2 unspecified atom stereocenters. The van der Waals surface area contributed by atoms with Gasteiger partial charge in [-0.25, -0.2) is 9.59 Å². The first-order valence-electron chi connectivity index (χ1n) is 11.8. The van der Waals surface area contributed by atoms with E-state index >= 15 is 0 Å². The van der Waals surface area contributed by atoms with Crippen LogP contribution in [0, 0.1) is 6.92 Å². The number of hydrogen-bond acceptors (Lipinski definition) is 4. The Morgan fingerprint density at radius 1 is 0.806 bits per heavy atom. The quantitative estimate of drug-likeness (QED) is 0.563. The van der Waals surface area contributed by atoms with Crippen molar-refractivity contribution in [3.63, 3.8) is 0 Å². The second-order valence-electron chi connectivity index (χ2n) is 9.65. The van der Waals surface area contributed by atoms with Crippen LogP contribution >= 0.6 is 0 Å². The van der Waals surface area contributed by atoms with Crippen molar-refractivity contribution in [1.29, 1.82) is 0 Å². The van der Waals surface area contributed by atoms with E-state index in [9.17, 15) is 9.59 Å². The Kier molecular flexibility index (Phi) is 5.75. The highest BCUT2D eigenvalue weighted by Gasteiger charge is 2.35. The van der Waals surface area contributed by atoms with E-state index < -0.39 is 0 Å². The van der Waals surface area contributed by atoms with Gasteiger partial charge in [-0.05, 0) is 63.1 Å². The van der Waals surface area contributed by atoms with Gasteiger partial charge in [-0.15, -0.1) is 0 Å². The van der Waals surface area contributed by atoms with Gasteiger partial charge in [0.2, 0.25) is 0 Å². The van der Waals surface area contributed by atoms with E-state index in [4.69, 9.17) is 0 Å². The Balaban J connectivity index is 1.10. The van der Waals surface area contributed by atoms with Crippen molar-refractivity contribution in [2.75, 3.05) is 36.8 Å². The van der Waals surface area contributed by atoms with Gasteiger partial charge in [-0.2, -0.15) is 0 Å². The summed E-state index contributed by atoms with van der Waals surface area (Å²) in [5, 5.41) is 12.1. The van der Waals surface area contributed by atoms with Crippen LogP contribution in [0.1, 0.15) is 44.1 Å². The highest BCUT2D eigenvalue weighted by molar-refractivity contribution is 5.93. The molecule has 1 aromatic carbocycles. The van der Waals surface area contributed by atoms with E-state index in [1.807, 2.05) is 25.1 Å². The lowest BCUT2D eigenvalue weighted by molar-refractivity contribution is 0.246. The fraction of sp³-hybridized carbons (Fsp3) is 0.652. The lowest BCUT2D eigenvalue weighted by atomic mass is 10.2. The Bertz CT molecular complexity index is 837. The number of hydrogen-bond donors (Lipinski definition) is 4. The van der Waals surface area contributed by atoms with Crippen molar-refractivity contribution in [3.8, 4) is 0 Å². The average Bonchev–Trinajstić information content (AvgIpc) is 3.67. The number of amides is 4. The van der Waals surface area contributed by atoms with Crippen molar-refractivity contribution >= 4 is 23.4 Å². The zero-order valence-electron chi connectivity index (χ0n) is 18.3. The fourth-order valence-electron chi connectivity index (χ4n) is 4.88. The first-order valence-corrected chi connectivity index (χ1v) is 11.8. The summed E-state index contributed by atoms with van der Waals surface area (Å²) in [7, 11) is 0. The van der Waals surface area contributed by atoms with E-state index in [1.54, 1.807) is 0 Å². The summed E-state index contributed by atoms with van der Waals surface area (Å²) in [5.74, 6) is 0. The van der Waals surface area contributed by atoms with Crippen LogP contribution in [-0.2, 0) is 0 Å². The van der Waals surface area contributed by atoms with Crippen LogP contribution in [0.5, 0.6) is 0 Å². The smallest absolute Gasteiger partial charge is 0.319 e. The number of carbonyl (C=O) groups is 2. The monoisotopic (exact) mass is 426 g/mol. The summed E-state index contributed by atoms with van der Waals surface area (Å²) in [6.45, 7) is 5.98. The number of likely N-dealkylation sites (tertiary alicyclic amines) is 2. The molecule has 2 aliphatic heterocycles. The molecule has 8 nitrogen and oxygen atoms in total. The van der Waals surface area contributed by atoms with Crippen LogP contribution in [0.2, 0.25) is 0 Å². The Hall–Kier alpha value is -2.32. The number of carbonyl (C=O) groups excluding carboxylic acids is 2. The van der Waals surface area contributed by atoms with Gasteiger partial charge in [0.15, 0.2) is 0 Å². The molecule has 4 N–H and O–H groups in total. The number of aryl methyl sites for hydroxylation is 1. The molecule has 0 bridgehead atoms. The van der Waals surface area contributed by atoms with E-state index in [0.717, 1.165) is 56.7 Å². The molecule has 8 heteroatoms. The zero-order chi connectivity index (χ0) is 21.4. The van der Waals surface area contributed by atoms with E-state index in [0.29, 0.717) is 11.4 Å². The van der Waals surface area contributed by atoms with Gasteiger partial charge in [-0.3, -0.25) is 9.80 Å². The van der Waals surface area contributed by atoms with E-state index in [1.165, 1.54) is 25.7 Å². The third-order valence-corrected chi connectivity index (χ3v) is 6.98. The molecule has 4 aliphatic rings. The molecule has 2 saturated heterocycles. The van der Waals surface area contributed by atoms with Crippen molar-refractivity contribution in [3.05, 3.63) is 23.8 Å². The van der Waals surface area contributed by atoms with Gasteiger partial charge >= 0.3 is 12.1 Å². The third kappa shape index (κ3) is 5.30. The van der Waals surface area contributed by atoms with Crippen LogP contribution in [0.3, 0.4) is 0 Å². The summed E-state index contributed by atoms with van der Waals surface area (Å²) >= 11 is 0. The van der Waals surface area contributed by atoms with Gasteiger partial charge in [0, 0.05) is 61.7 Å². The topological polar surface area (TPSA) is 88.7 Å². The molecule has 31 heavy (non-hydrogen) atoms. The van der Waals surface area contributed by atoms with Gasteiger partial charge in [0.05, 0.1) is 0 Å². The number of rotatable bonds is 6. The van der Waals surface area contributed by atoms with Gasteiger partial charge in [0.1, 0.15) is 0 Å². The molecular formula is C23H34N6O2. The molecule has 2 saturated carbocycles. The summed E-state index contributed by atoms with van der Waals surface area (Å²) < 4.78 is 0. The number of urea groups is 2. The fourth-order valence-corrected chi connectivity index (χ4v) is 4.88. The summed E-state index contributed by atoms with van der Waals surface area (Å²) in [6, 6.07) is 7.13. The molecule has 0 spiro atoms. The van der Waals surface area contributed by atoms with Crippen molar-refractivity contribution in [2.45, 2.75) is 69.6 Å². The maximum Gasteiger partial charge on any atom is 0.319 e. The SMILES string of the molecule is Cc1ccc(NC(=O)NC2CCN(C3CC3)C2)cc1NC(=O)NC1CCN(C2CC2)C1. The van der Waals surface area contributed by atoms with Crippen LogP contribution < -0.4 is 21.3 Å². The van der Waals surface area contributed by atoms with Gasteiger partial charge < -0.3 is 21.3 Å². The molecule has 2 aliphatic carbocycles. The molecular weight excluding hydrogens is 392 g/mol. The third-order valence-electron chi connectivity index (χ3n) is 6.98. The Morgan fingerprint density at radius 2 is 1.35 bits per heavy atom. The van der Waals surface area contributed by atoms with E-state index in [2.05, 4.69) is 31.1 Å². The minimum absolute atomic E-state index is 0.182. The molecule has 4 amide bonds. The second kappa shape index (κ2) is 8.67. The molecule has 4 fully saturated rings. The maximum atomic E-state index is 12.5. The summed E-state index contributed by atoms with van der Waals surface area (Å²) in [4.78, 5) is 29.9. The van der Waals surface area contributed by atoms with Crippen LogP contribution in [0.15, 0.2) is 18.2 Å². The normalized spacial score (nSPS) is 26.6. The molecule has 0 radical (unpaired) electrons. The highest BCUT2D eigenvalue weighted by Crippen LogP contribution is 2.30. The minimum Gasteiger partial charge on any atom is -0.334 e. The number of anilines is 2. The maximum absolute atomic E-state index is 12.5. The first-order chi connectivity index (χ1) is 15.0. The second-order valence-corrected chi connectivity index (χ2v) is 9.65.